The summed E-state index contributed by atoms with van der Waals surface area (Å²) < 4.78 is -1.83. The van der Waals surface area contributed by atoms with Gasteiger partial charge in [0.2, 0.25) is 3.79 Å². The monoisotopic (exact) mass is 362 g/mol. The molecule has 0 saturated carbocycles. The summed E-state index contributed by atoms with van der Waals surface area (Å²) in [5, 5.41) is 2.79. The Labute approximate surface area is 144 Å². The van der Waals surface area contributed by atoms with E-state index in [-0.39, 0.29) is 23.8 Å². The minimum Gasteiger partial charge on any atom is -0.398 e. The molecule has 1 amide bonds. The van der Waals surface area contributed by atoms with Gasteiger partial charge in [-0.05, 0) is 26.0 Å². The van der Waals surface area contributed by atoms with E-state index < -0.39 is 9.33 Å². The Morgan fingerprint density at radius 1 is 1.18 bits per heavy atom. The maximum Gasteiger partial charge on any atom is 0.251 e. The van der Waals surface area contributed by atoms with E-state index in [0.29, 0.717) is 5.56 Å². The molecule has 1 aromatic rings. The Morgan fingerprint density at radius 2 is 1.73 bits per heavy atom. The molecule has 7 heteroatoms. The molecule has 0 heterocycles. The number of ketones is 1. The van der Waals surface area contributed by atoms with Crippen molar-refractivity contribution < 1.29 is 9.59 Å². The molecule has 0 saturated heterocycles. The third kappa shape index (κ3) is 6.26. The largest absolute Gasteiger partial charge is 0.398 e. The van der Waals surface area contributed by atoms with Crippen molar-refractivity contribution in [2.24, 2.45) is 5.73 Å². The third-order valence-electron chi connectivity index (χ3n) is 2.75. The van der Waals surface area contributed by atoms with Crippen LogP contribution in [0.5, 0.6) is 0 Å². The Bertz CT molecular complexity index is 578. The summed E-state index contributed by atoms with van der Waals surface area (Å²) in [6.07, 6.45) is 1.09. The van der Waals surface area contributed by atoms with Gasteiger partial charge in [-0.2, -0.15) is 0 Å². The van der Waals surface area contributed by atoms with Gasteiger partial charge in [0.25, 0.3) is 5.91 Å². The van der Waals surface area contributed by atoms with Crippen LogP contribution in [0.2, 0.25) is 0 Å². The van der Waals surface area contributed by atoms with E-state index in [1.54, 1.807) is 38.1 Å². The van der Waals surface area contributed by atoms with Crippen LogP contribution < -0.4 is 11.1 Å². The number of alkyl halides is 3. The number of nitrogens with two attached hydrogens (primary N) is 1. The molecule has 0 aromatic heterocycles. The molecule has 0 unspecified atom stereocenters. The van der Waals surface area contributed by atoms with E-state index in [2.05, 4.69) is 5.32 Å². The van der Waals surface area contributed by atoms with Crippen LogP contribution in [-0.2, 0) is 4.79 Å². The Balaban J connectivity index is 2.72. The highest BCUT2D eigenvalue weighted by molar-refractivity contribution is 6.69. The lowest BCUT2D eigenvalue weighted by Gasteiger charge is -2.25. The number of hydrogen-bond donors (Lipinski definition) is 2. The van der Waals surface area contributed by atoms with Crippen LogP contribution in [-0.4, -0.2) is 21.0 Å². The van der Waals surface area contributed by atoms with E-state index in [0.717, 1.165) is 6.08 Å². The van der Waals surface area contributed by atoms with E-state index in [4.69, 9.17) is 40.5 Å². The van der Waals surface area contributed by atoms with Crippen molar-refractivity contribution >= 4 is 46.5 Å². The van der Waals surface area contributed by atoms with Gasteiger partial charge < -0.3 is 11.1 Å². The van der Waals surface area contributed by atoms with Crippen LogP contribution in [0.15, 0.2) is 42.1 Å². The van der Waals surface area contributed by atoms with Crippen LogP contribution in [0.1, 0.15) is 30.6 Å². The summed E-state index contributed by atoms with van der Waals surface area (Å²) in [4.78, 5) is 24.0. The maximum absolute atomic E-state index is 12.1. The summed E-state index contributed by atoms with van der Waals surface area (Å²) in [5.41, 5.74) is 5.10. The Kier molecular flexibility index (Phi) is 6.29. The first-order valence-corrected chi connectivity index (χ1v) is 7.59. The van der Waals surface area contributed by atoms with Crippen LogP contribution >= 0.6 is 34.8 Å². The number of amides is 1. The van der Waals surface area contributed by atoms with E-state index in [1.807, 2.05) is 6.07 Å². The van der Waals surface area contributed by atoms with Gasteiger partial charge in [0.1, 0.15) is 0 Å². The van der Waals surface area contributed by atoms with Gasteiger partial charge in [-0.1, -0.05) is 53.0 Å². The molecule has 3 N–H and O–H groups in total. The normalized spacial score (nSPS) is 12.9. The number of allylic oxidation sites excluding steroid dienone is 2. The number of benzene rings is 1. The molecule has 0 spiro atoms. The smallest absolute Gasteiger partial charge is 0.251 e. The molecule has 0 atom stereocenters. The number of carbonyl (C=O) groups is 2. The average Bonchev–Trinajstić information content (AvgIpc) is 2.37. The average molecular weight is 364 g/mol. The van der Waals surface area contributed by atoms with Crippen molar-refractivity contribution in [3.63, 3.8) is 0 Å². The molecule has 1 rings (SSSR count). The van der Waals surface area contributed by atoms with Crippen molar-refractivity contribution in [3.8, 4) is 0 Å². The molecule has 0 radical (unpaired) electrons. The van der Waals surface area contributed by atoms with Crippen LogP contribution in [0.3, 0.4) is 0 Å². The highest BCUT2D eigenvalue weighted by atomic mass is 35.6. The highest BCUT2D eigenvalue weighted by Crippen LogP contribution is 2.31. The standard InChI is InChI=1S/C15H17Cl3N2O2/c1-14(2,9-11(21)8-12(19)15(16,17)18)20-13(22)10-6-4-3-5-7-10/h3-8H,9,19H2,1-2H3,(H,20,22)/b12-8-. The maximum atomic E-state index is 12.1. The second-order valence-corrected chi connectivity index (χ2v) is 7.73. The van der Waals surface area contributed by atoms with Gasteiger partial charge in [-0.3, -0.25) is 9.59 Å². The first kappa shape index (κ1) is 18.8. The number of halogens is 3. The quantitative estimate of drug-likeness (QED) is 0.622. The van der Waals surface area contributed by atoms with Gasteiger partial charge in [-0.15, -0.1) is 0 Å². The minimum absolute atomic E-state index is 0.0209. The van der Waals surface area contributed by atoms with Crippen molar-refractivity contribution in [1.29, 1.82) is 0 Å². The zero-order valence-corrected chi connectivity index (χ0v) is 14.5. The van der Waals surface area contributed by atoms with Gasteiger partial charge in [0.15, 0.2) is 5.78 Å². The Hall–Kier alpha value is -1.23. The second-order valence-electron chi connectivity index (χ2n) is 5.44. The molecule has 0 bridgehead atoms. The summed E-state index contributed by atoms with van der Waals surface area (Å²) in [6.45, 7) is 3.45. The third-order valence-corrected chi connectivity index (χ3v) is 3.40. The summed E-state index contributed by atoms with van der Waals surface area (Å²) in [7, 11) is 0. The number of nitrogens with one attached hydrogen (secondary N) is 1. The van der Waals surface area contributed by atoms with Crippen molar-refractivity contribution in [2.45, 2.75) is 29.6 Å². The van der Waals surface area contributed by atoms with Crippen LogP contribution in [0.4, 0.5) is 0 Å². The second kappa shape index (κ2) is 7.36. The minimum atomic E-state index is -1.83. The van der Waals surface area contributed by atoms with E-state index in [9.17, 15) is 9.59 Å². The SMILES string of the molecule is CC(C)(CC(=O)/C=C(\N)C(Cl)(Cl)Cl)NC(=O)c1ccccc1. The molecule has 120 valence electrons. The Morgan fingerprint density at radius 3 is 2.23 bits per heavy atom. The van der Waals surface area contributed by atoms with Gasteiger partial charge in [0.05, 0.1) is 5.70 Å². The molecule has 0 aliphatic carbocycles. The molecule has 22 heavy (non-hydrogen) atoms. The fourth-order valence-electron chi connectivity index (χ4n) is 1.76. The predicted octanol–water partition coefficient (Wildman–Crippen LogP) is 3.37. The van der Waals surface area contributed by atoms with Crippen LogP contribution in [0, 0.1) is 0 Å². The number of hydrogen-bond acceptors (Lipinski definition) is 3. The van der Waals surface area contributed by atoms with Crippen molar-refractivity contribution in [2.75, 3.05) is 0 Å². The fourth-order valence-corrected chi connectivity index (χ4v) is 1.92. The zero-order valence-electron chi connectivity index (χ0n) is 12.2. The van der Waals surface area contributed by atoms with Crippen molar-refractivity contribution in [3.05, 3.63) is 47.7 Å². The molecule has 1 aromatic carbocycles. The molecule has 0 fully saturated rings. The van der Waals surface area contributed by atoms with Crippen LogP contribution in [0.25, 0.3) is 0 Å². The van der Waals surface area contributed by atoms with Gasteiger partial charge in [0, 0.05) is 23.6 Å². The highest BCUT2D eigenvalue weighted by Gasteiger charge is 2.27. The molecule has 0 aliphatic rings. The first-order valence-electron chi connectivity index (χ1n) is 6.46. The molecule has 4 nitrogen and oxygen atoms in total. The van der Waals surface area contributed by atoms with Gasteiger partial charge in [-0.25, -0.2) is 0 Å². The predicted molar refractivity (Wildman–Crippen MR) is 90.2 cm³/mol. The van der Waals surface area contributed by atoms with Gasteiger partial charge >= 0.3 is 0 Å². The summed E-state index contributed by atoms with van der Waals surface area (Å²) in [6, 6.07) is 8.71. The molecular formula is C15H17Cl3N2O2. The lowest BCUT2D eigenvalue weighted by Crippen LogP contribution is -2.44. The lowest BCUT2D eigenvalue weighted by atomic mass is 9.96. The molecule has 0 aliphatic heterocycles. The first-order chi connectivity index (χ1) is 10.0. The summed E-state index contributed by atoms with van der Waals surface area (Å²) >= 11 is 16.7. The molecular weight excluding hydrogens is 347 g/mol. The zero-order chi connectivity index (χ0) is 17.0. The topological polar surface area (TPSA) is 72.2 Å². The van der Waals surface area contributed by atoms with Crippen molar-refractivity contribution in [1.82, 2.24) is 5.32 Å². The fraction of sp³-hybridized carbons (Fsp3) is 0.333. The number of rotatable bonds is 5. The van der Waals surface area contributed by atoms with E-state index >= 15 is 0 Å². The number of carbonyl (C=O) groups excluding carboxylic acids is 2. The lowest BCUT2D eigenvalue weighted by molar-refractivity contribution is -0.115. The van der Waals surface area contributed by atoms with E-state index in [1.165, 1.54) is 0 Å². The summed E-state index contributed by atoms with van der Waals surface area (Å²) in [5.74, 6) is -0.612.